The molecule has 1 aliphatic heterocycles. The fourth-order valence-corrected chi connectivity index (χ4v) is 3.15. The maximum atomic E-state index is 12.6. The van der Waals surface area contributed by atoms with Crippen LogP contribution in [0.4, 0.5) is 10.5 Å². The van der Waals surface area contributed by atoms with Gasteiger partial charge < -0.3 is 19.9 Å². The van der Waals surface area contributed by atoms with E-state index in [1.807, 2.05) is 35.4 Å². The van der Waals surface area contributed by atoms with Crippen molar-refractivity contribution in [3.05, 3.63) is 30.5 Å². The Balaban J connectivity index is 1.68. The number of amides is 2. The van der Waals surface area contributed by atoms with Gasteiger partial charge in [-0.15, -0.1) is 0 Å². The number of carbonyl (C=O) groups excluding carboxylic acids is 1. The van der Waals surface area contributed by atoms with Gasteiger partial charge in [0.1, 0.15) is 0 Å². The Hall–Kier alpha value is -2.01. The summed E-state index contributed by atoms with van der Waals surface area (Å²) in [6.07, 6.45) is 6.14. The molecule has 2 heterocycles. The molecule has 1 saturated heterocycles. The van der Waals surface area contributed by atoms with Gasteiger partial charge in [-0.05, 0) is 49.9 Å². The summed E-state index contributed by atoms with van der Waals surface area (Å²) in [7, 11) is 1.71. The number of benzene rings is 1. The number of urea groups is 1. The zero-order valence-corrected chi connectivity index (χ0v) is 13.0. The lowest BCUT2D eigenvalue weighted by Gasteiger charge is -2.35. The molecule has 1 aromatic carbocycles. The SMILES string of the molecule is COCC[C@@H]1CCCCN1C(=O)Nc1ccc2[nH]ccc2c1. The van der Waals surface area contributed by atoms with Crippen molar-refractivity contribution in [1.29, 1.82) is 0 Å². The van der Waals surface area contributed by atoms with E-state index < -0.39 is 0 Å². The summed E-state index contributed by atoms with van der Waals surface area (Å²) in [4.78, 5) is 17.7. The number of anilines is 1. The second-order valence-corrected chi connectivity index (χ2v) is 5.83. The van der Waals surface area contributed by atoms with Crippen molar-refractivity contribution < 1.29 is 9.53 Å². The zero-order chi connectivity index (χ0) is 15.4. The summed E-state index contributed by atoms with van der Waals surface area (Å²) >= 11 is 0. The fourth-order valence-electron chi connectivity index (χ4n) is 3.15. The third-order valence-corrected chi connectivity index (χ3v) is 4.35. The summed E-state index contributed by atoms with van der Waals surface area (Å²) in [5.41, 5.74) is 1.92. The molecular formula is C17H23N3O2. The minimum Gasteiger partial charge on any atom is -0.385 e. The number of rotatable bonds is 4. The van der Waals surface area contributed by atoms with Crippen LogP contribution in [0.2, 0.25) is 0 Å². The Morgan fingerprint density at radius 1 is 1.41 bits per heavy atom. The number of nitrogens with one attached hydrogen (secondary N) is 2. The number of aromatic amines is 1. The van der Waals surface area contributed by atoms with Crippen molar-refractivity contribution in [2.45, 2.75) is 31.7 Å². The summed E-state index contributed by atoms with van der Waals surface area (Å²) in [5, 5.41) is 4.14. The first-order valence-electron chi connectivity index (χ1n) is 7.91. The molecule has 0 unspecified atom stereocenters. The van der Waals surface area contributed by atoms with Crippen molar-refractivity contribution in [2.75, 3.05) is 25.6 Å². The van der Waals surface area contributed by atoms with E-state index in [0.717, 1.165) is 42.4 Å². The molecule has 0 radical (unpaired) electrons. The highest BCUT2D eigenvalue weighted by molar-refractivity contribution is 5.93. The van der Waals surface area contributed by atoms with Gasteiger partial charge in [0.15, 0.2) is 0 Å². The van der Waals surface area contributed by atoms with Crippen molar-refractivity contribution in [2.24, 2.45) is 0 Å². The highest BCUT2D eigenvalue weighted by atomic mass is 16.5. The molecule has 1 aromatic heterocycles. The van der Waals surface area contributed by atoms with E-state index in [2.05, 4.69) is 10.3 Å². The molecular weight excluding hydrogens is 278 g/mol. The summed E-state index contributed by atoms with van der Waals surface area (Å²) < 4.78 is 5.17. The van der Waals surface area contributed by atoms with E-state index in [4.69, 9.17) is 4.74 Å². The van der Waals surface area contributed by atoms with Crippen molar-refractivity contribution in [3.8, 4) is 0 Å². The predicted octanol–water partition coefficient (Wildman–Crippen LogP) is 3.59. The fraction of sp³-hybridized carbons (Fsp3) is 0.471. The molecule has 1 aliphatic rings. The van der Waals surface area contributed by atoms with Gasteiger partial charge in [-0.1, -0.05) is 0 Å². The minimum absolute atomic E-state index is 0.00399. The molecule has 118 valence electrons. The van der Waals surface area contributed by atoms with Crippen molar-refractivity contribution in [1.82, 2.24) is 9.88 Å². The Morgan fingerprint density at radius 3 is 3.18 bits per heavy atom. The number of H-pyrrole nitrogens is 1. The van der Waals surface area contributed by atoms with Crippen molar-refractivity contribution >= 4 is 22.6 Å². The third-order valence-electron chi connectivity index (χ3n) is 4.35. The molecule has 3 rings (SSSR count). The molecule has 2 aromatic rings. The van der Waals surface area contributed by atoms with E-state index in [1.165, 1.54) is 6.42 Å². The Morgan fingerprint density at radius 2 is 2.32 bits per heavy atom. The molecule has 2 amide bonds. The predicted molar refractivity (Wildman–Crippen MR) is 88.2 cm³/mol. The van der Waals surface area contributed by atoms with Crippen LogP contribution in [0, 0.1) is 0 Å². The highest BCUT2D eigenvalue weighted by Crippen LogP contribution is 2.22. The van der Waals surface area contributed by atoms with Gasteiger partial charge in [0.25, 0.3) is 0 Å². The standard InChI is InChI=1S/C17H23N3O2/c1-22-11-8-15-4-2-3-10-20(15)17(21)19-14-5-6-16-13(12-14)7-9-18-16/h5-7,9,12,15,18H,2-4,8,10-11H2,1H3,(H,19,21)/t15-/m0/s1. The number of hydrogen-bond acceptors (Lipinski definition) is 2. The second-order valence-electron chi connectivity index (χ2n) is 5.83. The van der Waals surface area contributed by atoms with Crippen LogP contribution in [0.1, 0.15) is 25.7 Å². The first-order valence-corrected chi connectivity index (χ1v) is 7.91. The van der Waals surface area contributed by atoms with Gasteiger partial charge in [0, 0.05) is 49.1 Å². The molecule has 1 fully saturated rings. The topological polar surface area (TPSA) is 57.4 Å². The van der Waals surface area contributed by atoms with E-state index in [-0.39, 0.29) is 12.1 Å². The van der Waals surface area contributed by atoms with E-state index in [1.54, 1.807) is 7.11 Å². The first-order chi connectivity index (χ1) is 10.8. The lowest BCUT2D eigenvalue weighted by Crippen LogP contribution is -2.46. The average molecular weight is 301 g/mol. The zero-order valence-electron chi connectivity index (χ0n) is 13.0. The van der Waals surface area contributed by atoms with E-state index >= 15 is 0 Å². The lowest BCUT2D eigenvalue weighted by atomic mass is 10.00. The minimum atomic E-state index is -0.00399. The van der Waals surface area contributed by atoms with Crippen LogP contribution in [0.3, 0.4) is 0 Å². The molecule has 22 heavy (non-hydrogen) atoms. The Kier molecular flexibility index (Phi) is 4.63. The largest absolute Gasteiger partial charge is 0.385 e. The van der Waals surface area contributed by atoms with Gasteiger partial charge in [-0.2, -0.15) is 0 Å². The van der Waals surface area contributed by atoms with Gasteiger partial charge in [-0.25, -0.2) is 4.79 Å². The normalized spacial score (nSPS) is 18.6. The monoisotopic (exact) mass is 301 g/mol. The molecule has 1 atom stereocenters. The van der Waals surface area contributed by atoms with Crippen LogP contribution in [0.5, 0.6) is 0 Å². The number of likely N-dealkylation sites (tertiary alicyclic amines) is 1. The lowest BCUT2D eigenvalue weighted by molar-refractivity contribution is 0.123. The average Bonchev–Trinajstić information content (AvgIpc) is 3.00. The number of methoxy groups -OCH3 is 1. The second kappa shape index (κ2) is 6.83. The molecule has 2 N–H and O–H groups in total. The molecule has 0 saturated carbocycles. The van der Waals surface area contributed by atoms with Crippen LogP contribution < -0.4 is 5.32 Å². The Bertz CT molecular complexity index is 638. The van der Waals surface area contributed by atoms with Crippen molar-refractivity contribution in [3.63, 3.8) is 0 Å². The number of ether oxygens (including phenoxy) is 1. The smallest absolute Gasteiger partial charge is 0.322 e. The molecule has 5 nitrogen and oxygen atoms in total. The van der Waals surface area contributed by atoms with Gasteiger partial charge in [0.05, 0.1) is 0 Å². The summed E-state index contributed by atoms with van der Waals surface area (Å²) in [6.45, 7) is 1.52. The van der Waals surface area contributed by atoms with Crippen LogP contribution in [0.15, 0.2) is 30.5 Å². The van der Waals surface area contributed by atoms with Gasteiger partial charge in [0.2, 0.25) is 0 Å². The van der Waals surface area contributed by atoms with Gasteiger partial charge in [-0.3, -0.25) is 0 Å². The third kappa shape index (κ3) is 3.25. The van der Waals surface area contributed by atoms with E-state index in [9.17, 15) is 4.79 Å². The van der Waals surface area contributed by atoms with Crippen LogP contribution in [-0.4, -0.2) is 42.2 Å². The molecule has 0 bridgehead atoms. The number of carbonyl (C=O) groups is 1. The molecule has 5 heteroatoms. The number of aromatic nitrogens is 1. The Labute approximate surface area is 130 Å². The maximum absolute atomic E-state index is 12.6. The number of fused-ring (bicyclic) bond motifs is 1. The quantitative estimate of drug-likeness (QED) is 0.906. The van der Waals surface area contributed by atoms with Gasteiger partial charge >= 0.3 is 6.03 Å². The summed E-state index contributed by atoms with van der Waals surface area (Å²) in [5.74, 6) is 0. The summed E-state index contributed by atoms with van der Waals surface area (Å²) in [6, 6.07) is 8.21. The number of piperidine rings is 1. The van der Waals surface area contributed by atoms with Crippen LogP contribution in [-0.2, 0) is 4.74 Å². The van der Waals surface area contributed by atoms with Crippen LogP contribution >= 0.6 is 0 Å². The molecule has 0 spiro atoms. The number of hydrogen-bond donors (Lipinski definition) is 2. The maximum Gasteiger partial charge on any atom is 0.322 e. The number of nitrogens with zero attached hydrogens (tertiary/aromatic N) is 1. The first kappa shape index (κ1) is 14.9. The highest BCUT2D eigenvalue weighted by Gasteiger charge is 2.26. The van der Waals surface area contributed by atoms with E-state index in [0.29, 0.717) is 6.61 Å². The molecule has 0 aliphatic carbocycles. The van der Waals surface area contributed by atoms with Crippen LogP contribution in [0.25, 0.3) is 10.9 Å².